The molecule has 3 heteroatoms. The van der Waals surface area contributed by atoms with Crippen molar-refractivity contribution in [2.75, 3.05) is 32.9 Å². The minimum atomic E-state index is 1.10. The number of thioether (sulfide) groups is 1. The van der Waals surface area contributed by atoms with Gasteiger partial charge in [0, 0.05) is 5.75 Å². The van der Waals surface area contributed by atoms with E-state index in [1.54, 1.807) is 0 Å². The van der Waals surface area contributed by atoms with E-state index < -0.39 is 0 Å². The lowest BCUT2D eigenvalue weighted by Gasteiger charge is -2.16. The summed E-state index contributed by atoms with van der Waals surface area (Å²) in [7, 11) is 4.24. The Balaban J connectivity index is 4.32. The van der Waals surface area contributed by atoms with Crippen LogP contribution < -0.4 is 0 Å². The normalized spacial score (nSPS) is 9.92. The van der Waals surface area contributed by atoms with Crippen LogP contribution >= 0.6 is 11.8 Å². The molecule has 0 fully saturated rings. The van der Waals surface area contributed by atoms with Gasteiger partial charge in [-0.3, -0.25) is 9.48 Å². The smallest absolute Gasteiger partial charge is 0.262 e. The van der Waals surface area contributed by atoms with Crippen LogP contribution in [0.15, 0.2) is 0 Å². The summed E-state index contributed by atoms with van der Waals surface area (Å²) in [6, 6.07) is 0. The zero-order valence-electron chi connectivity index (χ0n) is 9.63. The lowest BCUT2D eigenvalue weighted by molar-refractivity contribution is -0.466. The molecule has 0 saturated heterocycles. The molecule has 0 N–H and O–H groups in total. The zero-order valence-corrected chi connectivity index (χ0v) is 10.4. The Bertz CT molecular complexity index is 158. The highest BCUT2D eigenvalue weighted by Gasteiger charge is 2.16. The van der Waals surface area contributed by atoms with Crippen LogP contribution in [0.5, 0.6) is 0 Å². The molecule has 0 rings (SSSR count). The quantitative estimate of drug-likeness (QED) is 0.392. The molecule has 0 saturated carbocycles. The summed E-state index contributed by atoms with van der Waals surface area (Å²) in [5.74, 6) is 1.21. The highest BCUT2D eigenvalue weighted by atomic mass is 32.2. The van der Waals surface area contributed by atoms with Gasteiger partial charge in [-0.2, -0.15) is 0 Å². The van der Waals surface area contributed by atoms with Gasteiger partial charge < -0.3 is 0 Å². The highest BCUT2D eigenvalue weighted by Crippen LogP contribution is 2.09. The van der Waals surface area contributed by atoms with E-state index in [0.29, 0.717) is 0 Å². The second-order valence-corrected chi connectivity index (χ2v) is 4.26. The maximum atomic E-state index is 2.40. The van der Waals surface area contributed by atoms with E-state index in [4.69, 9.17) is 0 Å². The first-order valence-electron chi connectivity index (χ1n) is 5.09. The van der Waals surface area contributed by atoms with Crippen molar-refractivity contribution in [1.29, 1.82) is 0 Å². The molecule has 13 heavy (non-hydrogen) atoms. The fourth-order valence-electron chi connectivity index (χ4n) is 1.19. The molecule has 0 aromatic carbocycles. The van der Waals surface area contributed by atoms with Crippen molar-refractivity contribution in [2.24, 2.45) is 0 Å². The third-order valence-electron chi connectivity index (χ3n) is 1.85. The van der Waals surface area contributed by atoms with Crippen molar-refractivity contribution in [3.05, 3.63) is 0 Å². The van der Waals surface area contributed by atoms with Crippen LogP contribution in [0.1, 0.15) is 27.2 Å². The lowest BCUT2D eigenvalue weighted by Crippen LogP contribution is -2.33. The predicted molar refractivity (Wildman–Crippen MR) is 62.8 cm³/mol. The Morgan fingerprint density at radius 3 is 2.00 bits per heavy atom. The summed E-state index contributed by atoms with van der Waals surface area (Å²) < 4.78 is 2.22. The van der Waals surface area contributed by atoms with Gasteiger partial charge in [0.1, 0.15) is 0 Å². The molecule has 78 valence electrons. The van der Waals surface area contributed by atoms with Crippen molar-refractivity contribution in [1.82, 2.24) is 4.90 Å². The van der Waals surface area contributed by atoms with Crippen molar-refractivity contribution in [3.8, 4) is 0 Å². The summed E-state index contributed by atoms with van der Waals surface area (Å²) >= 11 is 1.96. The molecule has 0 unspecified atom stereocenters. The molecule has 0 aliphatic carbocycles. The van der Waals surface area contributed by atoms with Crippen LogP contribution in [-0.4, -0.2) is 47.6 Å². The Kier molecular flexibility index (Phi) is 7.14. The van der Waals surface area contributed by atoms with Gasteiger partial charge in [-0.15, -0.1) is 0 Å². The maximum absolute atomic E-state index is 2.40. The second-order valence-electron chi connectivity index (χ2n) is 3.20. The molecule has 0 aliphatic rings. The van der Waals surface area contributed by atoms with E-state index >= 15 is 0 Å². The van der Waals surface area contributed by atoms with Gasteiger partial charge in [0.25, 0.3) is 0 Å². The molecule has 0 spiro atoms. The minimum absolute atomic E-state index is 1.10. The van der Waals surface area contributed by atoms with E-state index in [1.807, 2.05) is 11.8 Å². The first-order valence-corrected chi connectivity index (χ1v) is 6.07. The minimum Gasteiger partial charge on any atom is -0.262 e. The molecule has 0 radical (unpaired) electrons. The standard InChI is InChI=1S/C10H23N2S/c1-6-9-13-10(11(4)5)12(7-2)8-3/h6-9H2,1-5H3/q+1. The summed E-state index contributed by atoms with van der Waals surface area (Å²) in [4.78, 5) is 2.40. The third kappa shape index (κ3) is 4.55. The van der Waals surface area contributed by atoms with Crippen LogP contribution in [0.2, 0.25) is 0 Å². The highest BCUT2D eigenvalue weighted by molar-refractivity contribution is 8.13. The lowest BCUT2D eigenvalue weighted by atomic mass is 10.6. The molecule has 0 aromatic rings. The van der Waals surface area contributed by atoms with Crippen LogP contribution in [0, 0.1) is 0 Å². The molecule has 0 aliphatic heterocycles. The van der Waals surface area contributed by atoms with E-state index in [9.17, 15) is 0 Å². The largest absolute Gasteiger partial charge is 0.307 e. The number of amidine groups is 1. The SMILES string of the molecule is CCCSC(N(CC)CC)=[N+](C)C. The number of hydrogen-bond donors (Lipinski definition) is 0. The van der Waals surface area contributed by atoms with E-state index in [0.717, 1.165) is 13.1 Å². The van der Waals surface area contributed by atoms with Crippen LogP contribution in [-0.2, 0) is 0 Å². The molecular formula is C10H23N2S+. The van der Waals surface area contributed by atoms with Gasteiger partial charge in [0.05, 0.1) is 27.2 Å². The Morgan fingerprint density at radius 1 is 1.15 bits per heavy atom. The van der Waals surface area contributed by atoms with Gasteiger partial charge in [-0.25, -0.2) is 0 Å². The van der Waals surface area contributed by atoms with Crippen molar-refractivity contribution in [3.63, 3.8) is 0 Å². The fourth-order valence-corrected chi connectivity index (χ4v) is 2.28. The van der Waals surface area contributed by atoms with Gasteiger partial charge >= 0.3 is 5.17 Å². The predicted octanol–water partition coefficient (Wildman–Crippen LogP) is 2.10. The molecule has 0 heterocycles. The molecule has 0 aromatic heterocycles. The molecule has 0 bridgehead atoms. The van der Waals surface area contributed by atoms with E-state index in [-0.39, 0.29) is 0 Å². The first kappa shape index (κ1) is 12.8. The van der Waals surface area contributed by atoms with Gasteiger partial charge in [-0.05, 0) is 32.0 Å². The summed E-state index contributed by atoms with van der Waals surface area (Å²) in [6.07, 6.45) is 1.24. The average Bonchev–Trinajstić information content (AvgIpc) is 2.11. The Morgan fingerprint density at radius 2 is 1.69 bits per heavy atom. The molecule has 0 amide bonds. The summed E-state index contributed by atoms with van der Waals surface area (Å²) in [6.45, 7) is 8.84. The van der Waals surface area contributed by atoms with Gasteiger partial charge in [0.2, 0.25) is 0 Å². The van der Waals surface area contributed by atoms with E-state index in [2.05, 4.69) is 44.3 Å². The maximum Gasteiger partial charge on any atom is 0.307 e. The number of rotatable bonds is 4. The van der Waals surface area contributed by atoms with Crippen LogP contribution in [0.25, 0.3) is 0 Å². The van der Waals surface area contributed by atoms with Crippen molar-refractivity contribution >= 4 is 16.9 Å². The van der Waals surface area contributed by atoms with Gasteiger partial charge in [0.15, 0.2) is 0 Å². The van der Waals surface area contributed by atoms with E-state index in [1.165, 1.54) is 17.3 Å². The number of nitrogens with zero attached hydrogens (tertiary/aromatic N) is 2. The monoisotopic (exact) mass is 203 g/mol. The van der Waals surface area contributed by atoms with Crippen LogP contribution in [0.3, 0.4) is 0 Å². The fraction of sp³-hybridized carbons (Fsp3) is 0.900. The molecule has 2 nitrogen and oxygen atoms in total. The topological polar surface area (TPSA) is 6.25 Å². The first-order chi connectivity index (χ1) is 6.17. The second kappa shape index (κ2) is 7.25. The van der Waals surface area contributed by atoms with Crippen molar-refractivity contribution in [2.45, 2.75) is 27.2 Å². The van der Waals surface area contributed by atoms with Gasteiger partial charge in [-0.1, -0.05) is 6.92 Å². The molecular weight excluding hydrogens is 180 g/mol. The third-order valence-corrected chi connectivity index (χ3v) is 3.35. The van der Waals surface area contributed by atoms with Crippen molar-refractivity contribution < 1.29 is 4.58 Å². The molecule has 0 atom stereocenters. The Labute approximate surface area is 87.0 Å². The van der Waals surface area contributed by atoms with Crippen LogP contribution in [0.4, 0.5) is 0 Å². The summed E-state index contributed by atoms with van der Waals surface area (Å²) in [5, 5.41) is 1.40. The number of hydrogen-bond acceptors (Lipinski definition) is 1. The average molecular weight is 203 g/mol. The Hall–Kier alpha value is -0.180. The zero-order chi connectivity index (χ0) is 10.3. The summed E-state index contributed by atoms with van der Waals surface area (Å²) in [5.41, 5.74) is 0.